The van der Waals surface area contributed by atoms with Crippen molar-refractivity contribution in [2.24, 2.45) is 0 Å². The molecule has 12 N–H and O–H groups in total. The van der Waals surface area contributed by atoms with E-state index in [2.05, 4.69) is 10.6 Å². The number of aliphatic hydroxyl groups is 9. The summed E-state index contributed by atoms with van der Waals surface area (Å²) in [4.78, 5) is 30.9. The van der Waals surface area contributed by atoms with Crippen LogP contribution in [0.15, 0.2) is 0 Å². The van der Waals surface area contributed by atoms with Crippen molar-refractivity contribution in [2.75, 3.05) is 13.2 Å². The number of carboxylic acids is 1. The highest BCUT2D eigenvalue weighted by Crippen LogP contribution is 2.20. The van der Waals surface area contributed by atoms with Gasteiger partial charge in [-0.05, 0) is 6.92 Å². The molecule has 2 saturated heterocycles. The molecule has 0 aromatic rings. The molecule has 2 aliphatic rings. The molecule has 0 spiro atoms. The van der Waals surface area contributed by atoms with E-state index in [1.165, 1.54) is 20.8 Å². The first kappa shape index (κ1) is 34.0. The monoisotopic (exact) mass is 532 g/mol. The third-order valence-electron chi connectivity index (χ3n) is 4.90. The van der Waals surface area contributed by atoms with Gasteiger partial charge in [0.1, 0.15) is 54.8 Å². The third-order valence-corrected chi connectivity index (χ3v) is 4.90. The predicted molar refractivity (Wildman–Crippen MR) is 114 cm³/mol. The van der Waals surface area contributed by atoms with Gasteiger partial charge in [-0.2, -0.15) is 0 Å². The van der Waals surface area contributed by atoms with Crippen LogP contribution in [0.3, 0.4) is 0 Å². The Hall–Kier alpha value is -2.03. The van der Waals surface area contributed by atoms with Crippen molar-refractivity contribution in [1.29, 1.82) is 0 Å². The Morgan fingerprint density at radius 1 is 0.722 bits per heavy atom. The van der Waals surface area contributed by atoms with Crippen molar-refractivity contribution in [1.82, 2.24) is 10.6 Å². The van der Waals surface area contributed by atoms with Crippen LogP contribution in [0.1, 0.15) is 20.8 Å². The smallest absolute Gasteiger partial charge is 0.332 e. The average Bonchev–Trinajstić information content (AvgIpc) is 2.79. The second-order valence-electron chi connectivity index (χ2n) is 7.92. The van der Waals surface area contributed by atoms with Crippen molar-refractivity contribution in [2.45, 2.75) is 88.2 Å². The zero-order valence-corrected chi connectivity index (χ0v) is 19.8. The molecule has 2 fully saturated rings. The van der Waals surface area contributed by atoms with Crippen LogP contribution in [0.5, 0.6) is 0 Å². The van der Waals surface area contributed by atoms with E-state index in [0.29, 0.717) is 0 Å². The lowest BCUT2D eigenvalue weighted by atomic mass is 9.97. The first-order valence-corrected chi connectivity index (χ1v) is 10.6. The van der Waals surface area contributed by atoms with Gasteiger partial charge >= 0.3 is 5.97 Å². The number of aliphatic carboxylic acids is 1. The van der Waals surface area contributed by atoms with Gasteiger partial charge in [0, 0.05) is 13.8 Å². The number of hydrogen-bond donors (Lipinski definition) is 12. The Kier molecular flexibility index (Phi) is 15.0. The molecule has 3 unspecified atom stereocenters. The van der Waals surface area contributed by atoms with Gasteiger partial charge in [0.15, 0.2) is 12.6 Å². The zero-order chi connectivity index (χ0) is 28.3. The minimum atomic E-state index is -1.45. The van der Waals surface area contributed by atoms with Crippen LogP contribution in [0.2, 0.25) is 0 Å². The molecule has 11 atom stereocenters. The number of carbonyl (C=O) groups is 3. The topological polar surface area (TPSA) is 296 Å². The Balaban J connectivity index is 0.000000558. The maximum Gasteiger partial charge on any atom is 0.332 e. The van der Waals surface area contributed by atoms with E-state index >= 15 is 0 Å². The highest BCUT2D eigenvalue weighted by atomic mass is 16.6. The van der Waals surface area contributed by atoms with Gasteiger partial charge in [0.05, 0.1) is 13.2 Å². The highest BCUT2D eigenvalue weighted by molar-refractivity contribution is 5.73. The molecule has 2 rings (SSSR count). The minimum absolute atomic E-state index is 0.462. The first-order chi connectivity index (χ1) is 16.6. The van der Waals surface area contributed by atoms with Crippen molar-refractivity contribution in [3.8, 4) is 0 Å². The van der Waals surface area contributed by atoms with E-state index in [1.807, 2.05) is 0 Å². The highest BCUT2D eigenvalue weighted by Gasteiger charge is 2.44. The lowest BCUT2D eigenvalue weighted by Crippen LogP contribution is -2.63. The molecule has 0 radical (unpaired) electrons. The van der Waals surface area contributed by atoms with Crippen LogP contribution in [0.4, 0.5) is 0 Å². The molecule has 0 aromatic heterocycles. The number of ether oxygens (including phenoxy) is 2. The first-order valence-electron chi connectivity index (χ1n) is 10.6. The molecule has 212 valence electrons. The van der Waals surface area contributed by atoms with Crippen LogP contribution in [-0.2, 0) is 23.9 Å². The summed E-state index contributed by atoms with van der Waals surface area (Å²) in [6.45, 7) is 2.57. The summed E-state index contributed by atoms with van der Waals surface area (Å²) in [6, 6.07) is -2.19. The standard InChI is InChI=1S/2C8H15NO6.C3H6O3/c2*1-3(11)9-5-7(13)6(12)4(2-10)15-8(5)14;1-2(4)3(5)6/h2*4-8,10,12-14H,2H2,1H3,(H,9,11);2,4H,1H3,(H,5,6)/t2*4-,5-,6-,7-,8?;/m11./s1. The maximum atomic E-state index is 10.7. The van der Waals surface area contributed by atoms with E-state index in [9.17, 15) is 45.0 Å². The van der Waals surface area contributed by atoms with E-state index in [-0.39, 0.29) is 0 Å². The minimum Gasteiger partial charge on any atom is -0.479 e. The summed E-state index contributed by atoms with van der Waals surface area (Å²) in [5, 5.41) is 94.6. The number of carbonyl (C=O) groups excluding carboxylic acids is 2. The van der Waals surface area contributed by atoms with Crippen LogP contribution in [0, 0.1) is 0 Å². The predicted octanol–water partition coefficient (Wildman–Crippen LogP) is -6.70. The third kappa shape index (κ3) is 10.5. The van der Waals surface area contributed by atoms with E-state index < -0.39 is 98.4 Å². The van der Waals surface area contributed by atoms with Crippen molar-refractivity contribution >= 4 is 17.8 Å². The van der Waals surface area contributed by atoms with Gasteiger partial charge in [-0.15, -0.1) is 0 Å². The van der Waals surface area contributed by atoms with Crippen LogP contribution >= 0.6 is 0 Å². The molecule has 17 heteroatoms. The SMILES string of the molecule is CC(=O)N[C@H]1C(O)O[C@H](CO)[C@@H](O)[C@@H]1O.CC(=O)N[C@H]1C(O)O[C@H](CO)[C@@H](O)[C@@H]1O.CC(O)C(=O)O. The van der Waals surface area contributed by atoms with Gasteiger partial charge < -0.3 is 71.2 Å². The molecule has 2 amide bonds. The Morgan fingerprint density at radius 2 is 1.00 bits per heavy atom. The van der Waals surface area contributed by atoms with Gasteiger partial charge in [-0.1, -0.05) is 0 Å². The normalized spacial score (nSPS) is 36.7. The Labute approximate surface area is 205 Å². The van der Waals surface area contributed by atoms with E-state index in [1.54, 1.807) is 0 Å². The lowest BCUT2D eigenvalue weighted by molar-refractivity contribution is -0.253. The van der Waals surface area contributed by atoms with E-state index in [0.717, 1.165) is 0 Å². The fraction of sp³-hybridized carbons (Fsp3) is 0.842. The Morgan fingerprint density at radius 3 is 1.19 bits per heavy atom. The summed E-state index contributed by atoms with van der Waals surface area (Å²) >= 11 is 0. The van der Waals surface area contributed by atoms with Gasteiger partial charge in [-0.3, -0.25) is 9.59 Å². The second-order valence-corrected chi connectivity index (χ2v) is 7.92. The average molecular weight is 532 g/mol. The number of hydrogen-bond acceptors (Lipinski definition) is 14. The fourth-order valence-corrected chi connectivity index (χ4v) is 2.98. The molecular weight excluding hydrogens is 496 g/mol. The molecule has 2 heterocycles. The number of nitrogens with one attached hydrogen (secondary N) is 2. The lowest BCUT2D eigenvalue weighted by Gasteiger charge is -2.40. The Bertz CT molecular complexity index is 648. The zero-order valence-electron chi connectivity index (χ0n) is 19.8. The summed E-state index contributed by atoms with van der Waals surface area (Å²) in [5.41, 5.74) is 0. The molecule has 2 aliphatic heterocycles. The van der Waals surface area contributed by atoms with Crippen LogP contribution < -0.4 is 10.6 Å². The largest absolute Gasteiger partial charge is 0.479 e. The molecule has 17 nitrogen and oxygen atoms in total. The van der Waals surface area contributed by atoms with E-state index in [4.69, 9.17) is 29.9 Å². The summed E-state index contributed by atoms with van der Waals surface area (Å²) < 4.78 is 9.62. The number of carboxylic acid groups (broad SMARTS) is 1. The summed E-state index contributed by atoms with van der Waals surface area (Å²) in [6.07, 6.45) is -11.7. The molecule has 0 aromatic carbocycles. The van der Waals surface area contributed by atoms with Crippen molar-refractivity contribution in [3.05, 3.63) is 0 Å². The quantitative estimate of drug-likeness (QED) is 0.157. The summed E-state index contributed by atoms with van der Waals surface area (Å²) in [7, 11) is 0. The molecule has 0 saturated carbocycles. The fourth-order valence-electron chi connectivity index (χ4n) is 2.98. The number of aliphatic hydroxyl groups excluding tert-OH is 9. The molecule has 36 heavy (non-hydrogen) atoms. The molecule has 0 aliphatic carbocycles. The summed E-state index contributed by atoms with van der Waals surface area (Å²) in [5.74, 6) is -2.11. The van der Waals surface area contributed by atoms with Gasteiger partial charge in [0.2, 0.25) is 11.8 Å². The molecular formula is C19H36N2O15. The number of amides is 2. The second kappa shape index (κ2) is 15.9. The molecule has 0 bridgehead atoms. The number of rotatable bonds is 5. The van der Waals surface area contributed by atoms with Crippen molar-refractivity contribution < 1.29 is 74.9 Å². The van der Waals surface area contributed by atoms with Crippen LogP contribution in [0.25, 0.3) is 0 Å². The maximum absolute atomic E-state index is 10.7. The van der Waals surface area contributed by atoms with Gasteiger partial charge in [0.25, 0.3) is 0 Å². The van der Waals surface area contributed by atoms with Gasteiger partial charge in [-0.25, -0.2) is 4.79 Å². The van der Waals surface area contributed by atoms with Crippen molar-refractivity contribution in [3.63, 3.8) is 0 Å². The van der Waals surface area contributed by atoms with Crippen LogP contribution in [-0.4, -0.2) is 149 Å².